The van der Waals surface area contributed by atoms with E-state index in [4.69, 9.17) is 0 Å². The summed E-state index contributed by atoms with van der Waals surface area (Å²) in [4.78, 5) is 11.3. The standard InChI is InChI=1S/C12H22N4O/c1-3-7-14-12(17)6-8-13-10-11-5-9-15-16(11)4-2/h5,9,13H,3-4,6-8,10H2,1-2H3,(H,14,17). The molecular weight excluding hydrogens is 216 g/mol. The van der Waals surface area contributed by atoms with Crippen LogP contribution in [-0.4, -0.2) is 28.8 Å². The predicted molar refractivity (Wildman–Crippen MR) is 67.5 cm³/mol. The third-order valence-corrected chi connectivity index (χ3v) is 2.51. The highest BCUT2D eigenvalue weighted by Gasteiger charge is 2.01. The van der Waals surface area contributed by atoms with Crippen LogP contribution < -0.4 is 10.6 Å². The average molecular weight is 238 g/mol. The van der Waals surface area contributed by atoms with E-state index in [9.17, 15) is 4.79 Å². The van der Waals surface area contributed by atoms with Crippen LogP contribution in [0.1, 0.15) is 32.4 Å². The number of nitrogens with one attached hydrogen (secondary N) is 2. The van der Waals surface area contributed by atoms with Crippen LogP contribution in [0.5, 0.6) is 0 Å². The van der Waals surface area contributed by atoms with E-state index < -0.39 is 0 Å². The largest absolute Gasteiger partial charge is 0.356 e. The minimum Gasteiger partial charge on any atom is -0.356 e. The summed E-state index contributed by atoms with van der Waals surface area (Å²) in [5.41, 5.74) is 1.15. The second-order valence-electron chi connectivity index (χ2n) is 3.92. The van der Waals surface area contributed by atoms with Gasteiger partial charge in [0, 0.05) is 38.8 Å². The van der Waals surface area contributed by atoms with Gasteiger partial charge < -0.3 is 10.6 Å². The quantitative estimate of drug-likeness (QED) is 0.662. The average Bonchev–Trinajstić information content (AvgIpc) is 2.79. The predicted octanol–water partition coefficient (Wildman–Crippen LogP) is 0.909. The smallest absolute Gasteiger partial charge is 0.221 e. The highest BCUT2D eigenvalue weighted by Crippen LogP contribution is 1.97. The zero-order valence-corrected chi connectivity index (χ0v) is 10.7. The molecule has 1 rings (SSSR count). The van der Waals surface area contributed by atoms with Crippen molar-refractivity contribution < 1.29 is 4.79 Å². The molecule has 0 aliphatic heterocycles. The van der Waals surface area contributed by atoms with Crippen LogP contribution in [-0.2, 0) is 17.9 Å². The van der Waals surface area contributed by atoms with Crippen molar-refractivity contribution in [3.63, 3.8) is 0 Å². The number of hydrogen-bond acceptors (Lipinski definition) is 3. The van der Waals surface area contributed by atoms with Crippen LogP contribution in [0.15, 0.2) is 12.3 Å². The first kappa shape index (κ1) is 13.7. The van der Waals surface area contributed by atoms with Gasteiger partial charge in [-0.2, -0.15) is 5.10 Å². The number of amides is 1. The van der Waals surface area contributed by atoms with Crippen molar-refractivity contribution in [3.05, 3.63) is 18.0 Å². The van der Waals surface area contributed by atoms with E-state index in [0.717, 1.165) is 31.7 Å². The van der Waals surface area contributed by atoms with Gasteiger partial charge in [-0.3, -0.25) is 9.48 Å². The van der Waals surface area contributed by atoms with Gasteiger partial charge in [0.05, 0.1) is 5.69 Å². The van der Waals surface area contributed by atoms with Gasteiger partial charge in [-0.05, 0) is 19.4 Å². The maximum absolute atomic E-state index is 11.3. The Morgan fingerprint density at radius 3 is 2.94 bits per heavy atom. The van der Waals surface area contributed by atoms with E-state index in [-0.39, 0.29) is 5.91 Å². The van der Waals surface area contributed by atoms with E-state index in [1.165, 1.54) is 0 Å². The Morgan fingerprint density at radius 1 is 1.41 bits per heavy atom. The number of nitrogens with zero attached hydrogens (tertiary/aromatic N) is 2. The molecule has 0 saturated heterocycles. The van der Waals surface area contributed by atoms with E-state index in [2.05, 4.69) is 22.7 Å². The highest BCUT2D eigenvalue weighted by molar-refractivity contribution is 5.75. The Bertz CT molecular complexity index is 335. The van der Waals surface area contributed by atoms with E-state index in [1.54, 1.807) is 6.20 Å². The van der Waals surface area contributed by atoms with Gasteiger partial charge >= 0.3 is 0 Å². The lowest BCUT2D eigenvalue weighted by Crippen LogP contribution is -2.28. The van der Waals surface area contributed by atoms with Crippen LogP contribution in [0.25, 0.3) is 0 Å². The molecular formula is C12H22N4O. The number of aryl methyl sites for hydroxylation is 1. The number of hydrogen-bond donors (Lipinski definition) is 2. The molecule has 5 heteroatoms. The van der Waals surface area contributed by atoms with Crippen molar-refractivity contribution in [2.75, 3.05) is 13.1 Å². The van der Waals surface area contributed by atoms with E-state index in [1.807, 2.05) is 17.7 Å². The molecule has 1 aromatic heterocycles. The third-order valence-electron chi connectivity index (χ3n) is 2.51. The van der Waals surface area contributed by atoms with Crippen molar-refractivity contribution in [2.45, 2.75) is 39.8 Å². The van der Waals surface area contributed by atoms with Gasteiger partial charge in [0.25, 0.3) is 0 Å². The molecule has 1 heterocycles. The third kappa shape index (κ3) is 4.99. The minimum atomic E-state index is 0.114. The molecule has 96 valence electrons. The fraction of sp³-hybridized carbons (Fsp3) is 0.667. The molecule has 2 N–H and O–H groups in total. The molecule has 0 spiro atoms. The molecule has 0 radical (unpaired) electrons. The number of rotatable bonds is 8. The van der Waals surface area contributed by atoms with Crippen LogP contribution in [0, 0.1) is 0 Å². The van der Waals surface area contributed by atoms with Gasteiger partial charge in [-0.15, -0.1) is 0 Å². The molecule has 1 aromatic rings. The van der Waals surface area contributed by atoms with Crippen LogP contribution in [0.4, 0.5) is 0 Å². The van der Waals surface area contributed by atoms with Crippen LogP contribution in [0.3, 0.4) is 0 Å². The Morgan fingerprint density at radius 2 is 2.24 bits per heavy atom. The molecule has 1 amide bonds. The molecule has 0 aliphatic carbocycles. The monoisotopic (exact) mass is 238 g/mol. The normalized spacial score (nSPS) is 10.5. The van der Waals surface area contributed by atoms with Gasteiger partial charge in [-0.25, -0.2) is 0 Å². The first-order valence-electron chi connectivity index (χ1n) is 6.26. The molecule has 0 saturated carbocycles. The van der Waals surface area contributed by atoms with E-state index in [0.29, 0.717) is 13.0 Å². The molecule has 0 fully saturated rings. The Labute approximate surface area is 103 Å². The number of carbonyl (C=O) groups is 1. The molecule has 5 nitrogen and oxygen atoms in total. The summed E-state index contributed by atoms with van der Waals surface area (Å²) >= 11 is 0. The summed E-state index contributed by atoms with van der Waals surface area (Å²) in [6.07, 6.45) is 3.31. The summed E-state index contributed by atoms with van der Waals surface area (Å²) in [6.45, 7) is 7.21. The summed E-state index contributed by atoms with van der Waals surface area (Å²) < 4.78 is 1.95. The lowest BCUT2D eigenvalue weighted by molar-refractivity contribution is -0.120. The van der Waals surface area contributed by atoms with Crippen molar-refractivity contribution in [1.29, 1.82) is 0 Å². The molecule has 0 aromatic carbocycles. The number of aromatic nitrogens is 2. The van der Waals surface area contributed by atoms with E-state index >= 15 is 0 Å². The maximum Gasteiger partial charge on any atom is 0.221 e. The SMILES string of the molecule is CCCNC(=O)CCNCc1ccnn1CC. The molecule has 0 unspecified atom stereocenters. The lowest BCUT2D eigenvalue weighted by atomic mass is 10.3. The van der Waals surface area contributed by atoms with Crippen LogP contribution >= 0.6 is 0 Å². The Hall–Kier alpha value is -1.36. The zero-order chi connectivity index (χ0) is 12.5. The van der Waals surface area contributed by atoms with Crippen molar-refractivity contribution in [1.82, 2.24) is 20.4 Å². The summed E-state index contributed by atoms with van der Waals surface area (Å²) in [5, 5.41) is 10.3. The molecule has 17 heavy (non-hydrogen) atoms. The van der Waals surface area contributed by atoms with Crippen molar-refractivity contribution in [3.8, 4) is 0 Å². The highest BCUT2D eigenvalue weighted by atomic mass is 16.1. The first-order valence-corrected chi connectivity index (χ1v) is 6.26. The first-order chi connectivity index (χ1) is 8.27. The minimum absolute atomic E-state index is 0.114. The molecule has 0 atom stereocenters. The fourth-order valence-corrected chi connectivity index (χ4v) is 1.57. The maximum atomic E-state index is 11.3. The lowest BCUT2D eigenvalue weighted by Gasteiger charge is -2.07. The van der Waals surface area contributed by atoms with Gasteiger partial charge in [0.1, 0.15) is 0 Å². The topological polar surface area (TPSA) is 59.0 Å². The zero-order valence-electron chi connectivity index (χ0n) is 10.7. The molecule has 0 bridgehead atoms. The van der Waals surface area contributed by atoms with Crippen molar-refractivity contribution in [2.24, 2.45) is 0 Å². The van der Waals surface area contributed by atoms with Gasteiger partial charge in [0.15, 0.2) is 0 Å². The Kier molecular flexibility index (Phi) is 6.32. The summed E-state index contributed by atoms with van der Waals surface area (Å²) in [6, 6.07) is 1.99. The fourth-order valence-electron chi connectivity index (χ4n) is 1.57. The Balaban J connectivity index is 2.14. The molecule has 0 aliphatic rings. The summed E-state index contributed by atoms with van der Waals surface area (Å²) in [5.74, 6) is 0.114. The summed E-state index contributed by atoms with van der Waals surface area (Å²) in [7, 11) is 0. The number of carbonyl (C=O) groups excluding carboxylic acids is 1. The van der Waals surface area contributed by atoms with Gasteiger partial charge in [-0.1, -0.05) is 6.92 Å². The van der Waals surface area contributed by atoms with Gasteiger partial charge in [0.2, 0.25) is 5.91 Å². The second kappa shape index (κ2) is 7.84. The van der Waals surface area contributed by atoms with Crippen molar-refractivity contribution >= 4 is 5.91 Å². The second-order valence-corrected chi connectivity index (χ2v) is 3.92. The van der Waals surface area contributed by atoms with Crippen LogP contribution in [0.2, 0.25) is 0 Å².